The highest BCUT2D eigenvalue weighted by atomic mass is 16.3. The molecule has 1 aliphatic carbocycles. The van der Waals surface area contributed by atoms with Crippen LogP contribution in [0.3, 0.4) is 0 Å². The summed E-state index contributed by atoms with van der Waals surface area (Å²) in [7, 11) is 3.87. The van der Waals surface area contributed by atoms with Crippen molar-refractivity contribution in [3.8, 4) is 0 Å². The molecule has 0 aromatic carbocycles. The number of aliphatic hydroxyl groups is 1. The van der Waals surface area contributed by atoms with Gasteiger partial charge in [-0.1, -0.05) is 0 Å². The minimum atomic E-state index is -0.292. The van der Waals surface area contributed by atoms with Gasteiger partial charge in [0.1, 0.15) is 6.33 Å². The molecule has 6 heteroatoms. The van der Waals surface area contributed by atoms with E-state index in [1.165, 1.54) is 0 Å². The zero-order chi connectivity index (χ0) is 12.7. The average Bonchev–Trinajstić information content (AvgIpc) is 2.93. The Morgan fingerprint density at radius 3 is 2.78 bits per heavy atom. The number of rotatable bonds is 2. The lowest BCUT2D eigenvalue weighted by Crippen LogP contribution is -2.18. The molecule has 0 unspecified atom stereocenters. The second-order valence-corrected chi connectivity index (χ2v) is 4.98. The van der Waals surface area contributed by atoms with Crippen LogP contribution < -0.4 is 4.90 Å². The lowest BCUT2D eigenvalue weighted by atomic mass is 10.2. The Hall–Kier alpha value is -1.69. The monoisotopic (exact) mass is 247 g/mol. The van der Waals surface area contributed by atoms with E-state index in [2.05, 4.69) is 15.0 Å². The Kier molecular flexibility index (Phi) is 2.66. The summed E-state index contributed by atoms with van der Waals surface area (Å²) >= 11 is 0. The van der Waals surface area contributed by atoms with Gasteiger partial charge in [-0.2, -0.15) is 0 Å². The first kappa shape index (κ1) is 11.4. The standard InChI is InChI=1S/C12H17N5O/c1-16(2)11-10-12(14-6-13-11)17(7-15-10)8-4-3-5-9(8)18/h6-9,18H,3-5H2,1-2H3/t8-,9+/m0/s1. The third-order valence-corrected chi connectivity index (χ3v) is 3.56. The number of imidazole rings is 1. The molecule has 1 fully saturated rings. The Labute approximate surface area is 105 Å². The lowest BCUT2D eigenvalue weighted by Gasteiger charge is -2.17. The van der Waals surface area contributed by atoms with Gasteiger partial charge in [0.15, 0.2) is 17.0 Å². The molecule has 0 saturated heterocycles. The SMILES string of the molecule is CN(C)c1ncnc2c1ncn2[C@H]1CCC[C@H]1O. The molecule has 2 aromatic rings. The van der Waals surface area contributed by atoms with Crippen molar-refractivity contribution in [2.45, 2.75) is 31.4 Å². The summed E-state index contributed by atoms with van der Waals surface area (Å²) in [6, 6.07) is 0.0971. The molecule has 0 radical (unpaired) electrons. The van der Waals surface area contributed by atoms with Gasteiger partial charge < -0.3 is 14.6 Å². The van der Waals surface area contributed by atoms with E-state index in [9.17, 15) is 5.11 Å². The Morgan fingerprint density at radius 1 is 1.28 bits per heavy atom. The fourth-order valence-electron chi connectivity index (χ4n) is 2.65. The van der Waals surface area contributed by atoms with E-state index >= 15 is 0 Å². The van der Waals surface area contributed by atoms with Gasteiger partial charge in [0.05, 0.1) is 18.5 Å². The van der Waals surface area contributed by atoms with Crippen LogP contribution in [0.5, 0.6) is 0 Å². The molecular weight excluding hydrogens is 230 g/mol. The molecule has 0 spiro atoms. The van der Waals surface area contributed by atoms with Gasteiger partial charge in [-0.25, -0.2) is 15.0 Å². The minimum absolute atomic E-state index is 0.0971. The molecule has 96 valence electrons. The van der Waals surface area contributed by atoms with Crippen LogP contribution in [0.25, 0.3) is 11.2 Å². The molecular formula is C12H17N5O. The fraction of sp³-hybridized carbons (Fsp3) is 0.583. The zero-order valence-corrected chi connectivity index (χ0v) is 10.6. The molecule has 0 aliphatic heterocycles. The topological polar surface area (TPSA) is 67.1 Å². The summed E-state index contributed by atoms with van der Waals surface area (Å²) in [5.74, 6) is 0.811. The van der Waals surface area contributed by atoms with Crippen molar-refractivity contribution in [2.24, 2.45) is 0 Å². The van der Waals surface area contributed by atoms with Crippen molar-refractivity contribution in [2.75, 3.05) is 19.0 Å². The highest BCUT2D eigenvalue weighted by Gasteiger charge is 2.28. The van der Waals surface area contributed by atoms with Gasteiger partial charge in [0.25, 0.3) is 0 Å². The van der Waals surface area contributed by atoms with E-state index in [1.54, 1.807) is 12.7 Å². The van der Waals surface area contributed by atoms with Crippen molar-refractivity contribution in [3.63, 3.8) is 0 Å². The van der Waals surface area contributed by atoms with Crippen LogP contribution in [0.15, 0.2) is 12.7 Å². The van der Waals surface area contributed by atoms with Crippen LogP contribution in [0.2, 0.25) is 0 Å². The molecule has 6 nitrogen and oxygen atoms in total. The maximum Gasteiger partial charge on any atom is 0.165 e. The van der Waals surface area contributed by atoms with Crippen LogP contribution >= 0.6 is 0 Å². The van der Waals surface area contributed by atoms with Crippen molar-refractivity contribution in [1.82, 2.24) is 19.5 Å². The first-order valence-electron chi connectivity index (χ1n) is 6.21. The van der Waals surface area contributed by atoms with Crippen LogP contribution in [0.1, 0.15) is 25.3 Å². The van der Waals surface area contributed by atoms with E-state index < -0.39 is 0 Å². The number of hydrogen-bond acceptors (Lipinski definition) is 5. The first-order valence-corrected chi connectivity index (χ1v) is 6.21. The quantitative estimate of drug-likeness (QED) is 0.856. The zero-order valence-electron chi connectivity index (χ0n) is 10.6. The van der Waals surface area contributed by atoms with E-state index in [0.717, 1.165) is 36.2 Å². The molecule has 18 heavy (non-hydrogen) atoms. The summed E-state index contributed by atoms with van der Waals surface area (Å²) < 4.78 is 1.99. The van der Waals surface area contributed by atoms with Gasteiger partial charge in [-0.15, -0.1) is 0 Å². The molecule has 2 aromatic heterocycles. The number of hydrogen-bond donors (Lipinski definition) is 1. The normalized spacial score (nSPS) is 23.7. The summed E-state index contributed by atoms with van der Waals surface area (Å²) in [5, 5.41) is 10.00. The summed E-state index contributed by atoms with van der Waals surface area (Å²) in [4.78, 5) is 14.9. The molecule has 1 N–H and O–H groups in total. The second-order valence-electron chi connectivity index (χ2n) is 4.98. The summed E-state index contributed by atoms with van der Waals surface area (Å²) in [6.07, 6.45) is 5.92. The lowest BCUT2D eigenvalue weighted by molar-refractivity contribution is 0.138. The van der Waals surface area contributed by atoms with Crippen molar-refractivity contribution < 1.29 is 5.11 Å². The Bertz CT molecular complexity index is 565. The molecule has 2 heterocycles. The number of aromatic nitrogens is 4. The summed E-state index contributed by atoms with van der Waals surface area (Å²) in [6.45, 7) is 0. The highest BCUT2D eigenvalue weighted by Crippen LogP contribution is 2.32. The van der Waals surface area contributed by atoms with Crippen LogP contribution in [0.4, 0.5) is 5.82 Å². The maximum atomic E-state index is 10.00. The van der Waals surface area contributed by atoms with Gasteiger partial charge in [0, 0.05) is 14.1 Å². The number of fused-ring (bicyclic) bond motifs is 1. The Morgan fingerprint density at radius 2 is 2.11 bits per heavy atom. The van der Waals surface area contributed by atoms with Gasteiger partial charge >= 0.3 is 0 Å². The Balaban J connectivity index is 2.12. The van der Waals surface area contributed by atoms with E-state index in [-0.39, 0.29) is 12.1 Å². The predicted octanol–water partition coefficient (Wildman–Crippen LogP) is 0.978. The fourth-order valence-corrected chi connectivity index (χ4v) is 2.65. The third-order valence-electron chi connectivity index (χ3n) is 3.56. The molecule has 0 bridgehead atoms. The molecule has 2 atom stereocenters. The third kappa shape index (κ3) is 1.64. The maximum absolute atomic E-state index is 10.00. The van der Waals surface area contributed by atoms with Gasteiger partial charge in [0.2, 0.25) is 0 Å². The van der Waals surface area contributed by atoms with Gasteiger partial charge in [-0.05, 0) is 19.3 Å². The number of aliphatic hydroxyl groups excluding tert-OH is 1. The van der Waals surface area contributed by atoms with E-state index in [1.807, 2.05) is 23.6 Å². The average molecular weight is 247 g/mol. The minimum Gasteiger partial charge on any atom is -0.391 e. The van der Waals surface area contributed by atoms with Gasteiger partial charge in [-0.3, -0.25) is 0 Å². The van der Waals surface area contributed by atoms with E-state index in [4.69, 9.17) is 0 Å². The molecule has 0 amide bonds. The van der Waals surface area contributed by atoms with Crippen LogP contribution in [0, 0.1) is 0 Å². The highest BCUT2D eigenvalue weighted by molar-refractivity contribution is 5.83. The molecule has 1 aliphatic rings. The van der Waals surface area contributed by atoms with Crippen LogP contribution in [-0.4, -0.2) is 44.8 Å². The predicted molar refractivity (Wildman–Crippen MR) is 68.5 cm³/mol. The van der Waals surface area contributed by atoms with Crippen molar-refractivity contribution in [1.29, 1.82) is 0 Å². The first-order chi connectivity index (χ1) is 8.68. The summed E-state index contributed by atoms with van der Waals surface area (Å²) in [5.41, 5.74) is 1.60. The smallest absolute Gasteiger partial charge is 0.165 e. The van der Waals surface area contributed by atoms with Crippen molar-refractivity contribution in [3.05, 3.63) is 12.7 Å². The largest absolute Gasteiger partial charge is 0.391 e. The molecule has 1 saturated carbocycles. The van der Waals surface area contributed by atoms with Crippen LogP contribution in [-0.2, 0) is 0 Å². The van der Waals surface area contributed by atoms with E-state index in [0.29, 0.717) is 0 Å². The van der Waals surface area contributed by atoms with Crippen molar-refractivity contribution >= 4 is 17.0 Å². The second kappa shape index (κ2) is 4.20. The molecule has 3 rings (SSSR count). The number of anilines is 1. The number of nitrogens with zero attached hydrogens (tertiary/aromatic N) is 5.